The third-order valence-electron chi connectivity index (χ3n) is 4.61. The number of aryl methyl sites for hydroxylation is 1. The van der Waals surface area contributed by atoms with Gasteiger partial charge in [0.05, 0.1) is 23.9 Å². The molecule has 0 aliphatic heterocycles. The van der Waals surface area contributed by atoms with E-state index in [1.165, 1.54) is 23.8 Å². The lowest BCUT2D eigenvalue weighted by Crippen LogP contribution is -2.41. The highest BCUT2D eigenvalue weighted by molar-refractivity contribution is 7.15. The molecule has 142 valence electrons. The normalized spacial score (nSPS) is 12.5. The van der Waals surface area contributed by atoms with E-state index in [1.54, 1.807) is 35.6 Å². The smallest absolute Gasteiger partial charge is 0.291 e. The van der Waals surface area contributed by atoms with Crippen LogP contribution in [0.1, 0.15) is 37.9 Å². The Balaban J connectivity index is 1.72. The van der Waals surface area contributed by atoms with E-state index in [2.05, 4.69) is 23.5 Å². The van der Waals surface area contributed by atoms with Crippen LogP contribution in [0.25, 0.3) is 6.08 Å². The number of nitrogens with one attached hydrogen (secondary N) is 1. The number of carbonyl (C=O) groups excluding carboxylic acids is 1. The number of benzene rings is 1. The molecule has 2 heterocycles. The molecule has 4 rings (SSSR count). The second-order valence-corrected chi connectivity index (χ2v) is 7.48. The molecule has 0 unspecified atom stereocenters. The van der Waals surface area contributed by atoms with Crippen LogP contribution in [0.4, 0.5) is 11.4 Å². The molecule has 1 aliphatic rings. The number of furan rings is 1. The van der Waals surface area contributed by atoms with Crippen molar-refractivity contribution < 1.29 is 19.4 Å². The summed E-state index contributed by atoms with van der Waals surface area (Å²) in [6.45, 7) is 0. The maximum absolute atomic E-state index is 12.4. The average Bonchev–Trinajstić information content (AvgIpc) is 3.38. The Morgan fingerprint density at radius 1 is 1.36 bits per heavy atom. The number of rotatable bonds is 5. The Morgan fingerprint density at radius 2 is 2.21 bits per heavy atom. The number of thiophene rings is 1. The van der Waals surface area contributed by atoms with E-state index in [-0.39, 0.29) is 11.7 Å². The van der Waals surface area contributed by atoms with Gasteiger partial charge in [0.1, 0.15) is 5.56 Å². The first-order valence-corrected chi connectivity index (χ1v) is 9.64. The Labute approximate surface area is 166 Å². The van der Waals surface area contributed by atoms with Crippen molar-refractivity contribution in [3.63, 3.8) is 0 Å². The van der Waals surface area contributed by atoms with Gasteiger partial charge in [-0.2, -0.15) is 0 Å². The zero-order valence-electron chi connectivity index (χ0n) is 15.3. The van der Waals surface area contributed by atoms with Gasteiger partial charge in [0, 0.05) is 10.6 Å². The van der Waals surface area contributed by atoms with Gasteiger partial charge >= 0.3 is 0 Å². The van der Waals surface area contributed by atoms with E-state index in [0.29, 0.717) is 28.4 Å². The standard InChI is InChI=1S/C21H19N3O3S/c1-26-20-14(24-21(25)15-6-4-10-27-15)9-8-13(22)18(20)19(23)17-11-12-5-2-3-7-16(12)28-17/h3-4,6-11,23H,2,5,22H2,1H3,(H,24,25)/p+1. The number of nitrogen functional groups attached to an aromatic ring is 1. The first kappa shape index (κ1) is 18.1. The van der Waals surface area contributed by atoms with Gasteiger partial charge in [0.2, 0.25) is 5.71 Å². The molecule has 7 heteroatoms. The minimum Gasteiger partial charge on any atom is -0.494 e. The van der Waals surface area contributed by atoms with E-state index >= 15 is 0 Å². The van der Waals surface area contributed by atoms with Crippen molar-refractivity contribution in [1.82, 2.24) is 0 Å². The summed E-state index contributed by atoms with van der Waals surface area (Å²) in [6.07, 6.45) is 7.77. The van der Waals surface area contributed by atoms with Gasteiger partial charge in [-0.05, 0) is 54.8 Å². The molecular weight excluding hydrogens is 374 g/mol. The number of ether oxygens (including phenoxy) is 1. The molecule has 0 atom stereocenters. The third kappa shape index (κ3) is 3.20. The number of hydrogen-bond donors (Lipinski definition) is 3. The van der Waals surface area contributed by atoms with Crippen molar-refractivity contribution in [2.24, 2.45) is 0 Å². The molecule has 28 heavy (non-hydrogen) atoms. The molecule has 0 saturated carbocycles. The second-order valence-electron chi connectivity index (χ2n) is 6.40. The minimum absolute atomic E-state index is 0.204. The predicted octanol–water partition coefficient (Wildman–Crippen LogP) is 2.74. The average molecular weight is 394 g/mol. The Morgan fingerprint density at radius 3 is 2.93 bits per heavy atom. The molecule has 2 aromatic heterocycles. The number of nitrogens with two attached hydrogens (primary N) is 2. The van der Waals surface area contributed by atoms with E-state index in [1.807, 2.05) is 0 Å². The lowest BCUT2D eigenvalue weighted by molar-refractivity contribution is -0.111. The summed E-state index contributed by atoms with van der Waals surface area (Å²) >= 11 is 1.62. The molecule has 1 amide bonds. The van der Waals surface area contributed by atoms with Crippen LogP contribution in [0.15, 0.2) is 47.1 Å². The lowest BCUT2D eigenvalue weighted by atomic mass is 10.0. The van der Waals surface area contributed by atoms with Gasteiger partial charge in [-0.25, -0.2) is 0 Å². The number of allylic oxidation sites excluding steroid dienone is 1. The monoisotopic (exact) mass is 394 g/mol. The van der Waals surface area contributed by atoms with Gasteiger partial charge in [-0.1, -0.05) is 6.08 Å². The number of amides is 1. The van der Waals surface area contributed by atoms with Gasteiger partial charge < -0.3 is 20.2 Å². The number of fused-ring (bicyclic) bond motifs is 1. The summed E-state index contributed by atoms with van der Waals surface area (Å²) in [6, 6.07) is 8.74. The highest BCUT2D eigenvalue weighted by Crippen LogP contribution is 2.37. The van der Waals surface area contributed by atoms with Gasteiger partial charge in [-0.3, -0.25) is 10.2 Å². The second kappa shape index (κ2) is 7.36. The van der Waals surface area contributed by atoms with Gasteiger partial charge in [0.15, 0.2) is 11.5 Å². The number of methoxy groups -OCH3 is 1. The third-order valence-corrected chi connectivity index (χ3v) is 5.79. The predicted molar refractivity (Wildman–Crippen MR) is 111 cm³/mol. The quantitative estimate of drug-likeness (QED) is 0.457. The molecule has 5 N–H and O–H groups in total. The topological polar surface area (TPSA) is 103 Å². The number of carbonyl (C=O) groups is 1. The summed E-state index contributed by atoms with van der Waals surface area (Å²) in [5, 5.41) is 9.31. The Bertz CT molecular complexity index is 1080. The highest BCUT2D eigenvalue weighted by Gasteiger charge is 2.26. The SMILES string of the molecule is COc1c(NC(=O)c2ccco2)ccc(N)c1C(=[NH2+])c1cc2c(s1)C=CCC2. The van der Waals surface area contributed by atoms with Crippen molar-refractivity contribution in [3.05, 3.63) is 69.3 Å². The molecule has 6 nitrogen and oxygen atoms in total. The summed E-state index contributed by atoms with van der Waals surface area (Å²) in [7, 11) is 1.52. The van der Waals surface area contributed by atoms with E-state index in [4.69, 9.17) is 20.3 Å². The summed E-state index contributed by atoms with van der Waals surface area (Å²) in [5.41, 5.74) is 9.56. The molecule has 3 aromatic rings. The minimum atomic E-state index is -0.380. The van der Waals surface area contributed by atoms with E-state index in [9.17, 15) is 4.79 Å². The van der Waals surface area contributed by atoms with Crippen LogP contribution >= 0.6 is 11.3 Å². The molecule has 0 saturated heterocycles. The Hall–Kier alpha value is -3.32. The van der Waals surface area contributed by atoms with E-state index < -0.39 is 0 Å². The number of hydrogen-bond acceptors (Lipinski definition) is 5. The van der Waals surface area contributed by atoms with Crippen LogP contribution in [0.3, 0.4) is 0 Å². The summed E-state index contributed by atoms with van der Waals surface area (Å²) in [5.74, 6) is 0.240. The fourth-order valence-electron chi connectivity index (χ4n) is 3.24. The fourth-order valence-corrected chi connectivity index (χ4v) is 4.35. The summed E-state index contributed by atoms with van der Waals surface area (Å²) in [4.78, 5) is 14.5. The zero-order valence-corrected chi connectivity index (χ0v) is 16.1. The van der Waals surface area contributed by atoms with Crippen LogP contribution < -0.4 is 21.2 Å². The van der Waals surface area contributed by atoms with Crippen molar-refractivity contribution >= 4 is 40.4 Å². The first-order valence-electron chi connectivity index (χ1n) is 8.82. The van der Waals surface area contributed by atoms with Crippen LogP contribution in [-0.4, -0.2) is 18.7 Å². The highest BCUT2D eigenvalue weighted by atomic mass is 32.1. The van der Waals surface area contributed by atoms with Gasteiger partial charge in [-0.15, -0.1) is 11.3 Å². The van der Waals surface area contributed by atoms with E-state index in [0.717, 1.165) is 17.7 Å². The fraction of sp³-hybridized carbons (Fsp3) is 0.143. The Kier molecular flexibility index (Phi) is 4.75. The maximum Gasteiger partial charge on any atom is 0.291 e. The molecule has 1 aromatic carbocycles. The maximum atomic E-state index is 12.4. The van der Waals surface area contributed by atoms with Crippen LogP contribution in [-0.2, 0) is 6.42 Å². The van der Waals surface area contributed by atoms with Crippen molar-refractivity contribution in [2.75, 3.05) is 18.2 Å². The number of anilines is 2. The molecule has 0 fully saturated rings. The lowest BCUT2D eigenvalue weighted by Gasteiger charge is -2.14. The zero-order chi connectivity index (χ0) is 19.7. The molecule has 1 aliphatic carbocycles. The first-order chi connectivity index (χ1) is 13.6. The van der Waals surface area contributed by atoms with Crippen LogP contribution in [0.5, 0.6) is 5.75 Å². The molecule has 0 spiro atoms. The van der Waals surface area contributed by atoms with Crippen molar-refractivity contribution in [3.8, 4) is 5.75 Å². The van der Waals surface area contributed by atoms with Crippen LogP contribution in [0.2, 0.25) is 0 Å². The van der Waals surface area contributed by atoms with Gasteiger partial charge in [0.25, 0.3) is 5.91 Å². The van der Waals surface area contributed by atoms with Crippen LogP contribution in [0, 0.1) is 0 Å². The molecule has 0 radical (unpaired) electrons. The molecule has 0 bridgehead atoms. The summed E-state index contributed by atoms with van der Waals surface area (Å²) < 4.78 is 10.7. The largest absolute Gasteiger partial charge is 0.494 e. The molecular formula is C21H20N3O3S+. The van der Waals surface area contributed by atoms with Crippen molar-refractivity contribution in [2.45, 2.75) is 12.8 Å². The van der Waals surface area contributed by atoms with Crippen molar-refractivity contribution in [1.29, 1.82) is 0 Å².